The van der Waals surface area contributed by atoms with Gasteiger partial charge in [-0.05, 0) is 44.9 Å². The molecule has 23 heavy (non-hydrogen) atoms. The number of rotatable bonds is 4. The standard InChI is InChI=1S/C16H21N3O3S/c1-11(2)19-10-17-14-9-12(7-8-15(14)19)16(20)18-23(21,22)13-5-3-4-6-13/h7-11,13H,3-6H2,1-2H3,(H,18,20). The molecule has 3 rings (SSSR count). The first-order chi connectivity index (χ1) is 10.9. The second-order valence-corrected chi connectivity index (χ2v) is 8.29. The van der Waals surface area contributed by atoms with E-state index in [1.54, 1.807) is 24.5 Å². The highest BCUT2D eigenvalue weighted by molar-refractivity contribution is 7.90. The van der Waals surface area contributed by atoms with Crippen molar-refractivity contribution in [2.45, 2.75) is 50.8 Å². The number of fused-ring (bicyclic) bond motifs is 1. The molecule has 1 aromatic carbocycles. The van der Waals surface area contributed by atoms with Gasteiger partial charge in [-0.1, -0.05) is 12.8 Å². The van der Waals surface area contributed by atoms with Gasteiger partial charge in [-0.3, -0.25) is 4.79 Å². The van der Waals surface area contributed by atoms with E-state index in [0.29, 0.717) is 23.9 Å². The zero-order valence-corrected chi connectivity index (χ0v) is 14.1. The number of hydrogen-bond acceptors (Lipinski definition) is 4. The van der Waals surface area contributed by atoms with Gasteiger partial charge in [-0.15, -0.1) is 0 Å². The number of carbonyl (C=O) groups is 1. The molecule has 0 bridgehead atoms. The van der Waals surface area contributed by atoms with Gasteiger partial charge in [-0.2, -0.15) is 0 Å². The number of nitrogens with zero attached hydrogens (tertiary/aromatic N) is 2. The fourth-order valence-electron chi connectivity index (χ4n) is 3.05. The summed E-state index contributed by atoms with van der Waals surface area (Å²) in [6.07, 6.45) is 4.78. The minimum atomic E-state index is -3.59. The van der Waals surface area contributed by atoms with Crippen molar-refractivity contribution in [3.8, 4) is 0 Å². The maximum Gasteiger partial charge on any atom is 0.264 e. The summed E-state index contributed by atoms with van der Waals surface area (Å²) in [7, 11) is -3.59. The van der Waals surface area contributed by atoms with Gasteiger partial charge in [0.2, 0.25) is 10.0 Å². The SMILES string of the molecule is CC(C)n1cnc2cc(C(=O)NS(=O)(=O)C3CCCC3)ccc21. The van der Waals surface area contributed by atoms with E-state index < -0.39 is 21.2 Å². The third-order valence-corrected chi connectivity index (χ3v) is 6.19. The summed E-state index contributed by atoms with van der Waals surface area (Å²) in [5.74, 6) is -0.585. The van der Waals surface area contributed by atoms with Gasteiger partial charge >= 0.3 is 0 Å². The molecular formula is C16H21N3O3S. The molecule has 124 valence electrons. The van der Waals surface area contributed by atoms with Crippen LogP contribution in [0.15, 0.2) is 24.5 Å². The Bertz CT molecular complexity index is 833. The first-order valence-corrected chi connectivity index (χ1v) is 9.45. The molecule has 0 radical (unpaired) electrons. The molecule has 1 saturated carbocycles. The molecular weight excluding hydrogens is 314 g/mol. The molecule has 1 aliphatic rings. The number of imidazole rings is 1. The van der Waals surface area contributed by atoms with Crippen LogP contribution in [0, 0.1) is 0 Å². The normalized spacial score (nSPS) is 16.3. The van der Waals surface area contributed by atoms with Crippen LogP contribution in [0.3, 0.4) is 0 Å². The molecule has 2 aromatic rings. The average Bonchev–Trinajstić information content (AvgIpc) is 3.15. The Morgan fingerprint density at radius 2 is 2.00 bits per heavy atom. The second-order valence-electron chi connectivity index (χ2n) is 6.33. The monoisotopic (exact) mass is 335 g/mol. The van der Waals surface area contributed by atoms with E-state index in [1.807, 2.05) is 4.57 Å². The summed E-state index contributed by atoms with van der Waals surface area (Å²) in [5.41, 5.74) is 1.92. The van der Waals surface area contributed by atoms with Gasteiger partial charge < -0.3 is 4.57 Å². The Hall–Kier alpha value is -1.89. The number of carbonyl (C=O) groups excluding carboxylic acids is 1. The summed E-state index contributed by atoms with van der Waals surface area (Å²) in [6.45, 7) is 4.10. The lowest BCUT2D eigenvalue weighted by molar-refractivity contribution is 0.0981. The number of sulfonamides is 1. The Balaban J connectivity index is 1.84. The van der Waals surface area contributed by atoms with E-state index in [1.165, 1.54) is 0 Å². The third kappa shape index (κ3) is 3.10. The summed E-state index contributed by atoms with van der Waals surface area (Å²) in [6, 6.07) is 5.35. The number of benzene rings is 1. The number of hydrogen-bond donors (Lipinski definition) is 1. The van der Waals surface area contributed by atoms with Gasteiger partial charge in [-0.25, -0.2) is 18.1 Å². The molecule has 1 aliphatic carbocycles. The molecule has 1 heterocycles. The van der Waals surface area contributed by atoms with E-state index in [-0.39, 0.29) is 6.04 Å². The zero-order chi connectivity index (χ0) is 16.6. The fourth-order valence-corrected chi connectivity index (χ4v) is 4.55. The topological polar surface area (TPSA) is 81.1 Å². The lowest BCUT2D eigenvalue weighted by Crippen LogP contribution is -2.37. The lowest BCUT2D eigenvalue weighted by atomic mass is 10.2. The highest BCUT2D eigenvalue weighted by Gasteiger charge is 2.30. The second kappa shape index (κ2) is 5.96. The number of nitrogens with one attached hydrogen (secondary N) is 1. The average molecular weight is 335 g/mol. The van der Waals surface area contributed by atoms with Crippen molar-refractivity contribution in [3.05, 3.63) is 30.1 Å². The van der Waals surface area contributed by atoms with E-state index in [4.69, 9.17) is 0 Å². The molecule has 1 aromatic heterocycles. The van der Waals surface area contributed by atoms with Gasteiger partial charge in [0.05, 0.1) is 22.6 Å². The van der Waals surface area contributed by atoms with Crippen LogP contribution in [0.25, 0.3) is 11.0 Å². The van der Waals surface area contributed by atoms with Crippen molar-refractivity contribution in [3.63, 3.8) is 0 Å². The molecule has 7 heteroatoms. The fraction of sp³-hybridized carbons (Fsp3) is 0.500. The van der Waals surface area contributed by atoms with E-state index in [2.05, 4.69) is 23.6 Å². The Morgan fingerprint density at radius 3 is 2.65 bits per heavy atom. The van der Waals surface area contributed by atoms with Crippen LogP contribution in [-0.4, -0.2) is 29.1 Å². The van der Waals surface area contributed by atoms with Crippen molar-refractivity contribution in [2.24, 2.45) is 0 Å². The maximum absolute atomic E-state index is 12.3. The van der Waals surface area contributed by atoms with Crippen molar-refractivity contribution >= 4 is 27.0 Å². The van der Waals surface area contributed by atoms with Crippen LogP contribution < -0.4 is 4.72 Å². The van der Waals surface area contributed by atoms with Crippen LogP contribution in [0.4, 0.5) is 0 Å². The Morgan fingerprint density at radius 1 is 1.30 bits per heavy atom. The summed E-state index contributed by atoms with van der Waals surface area (Å²) in [5, 5.41) is -0.449. The van der Waals surface area contributed by atoms with Gasteiger partial charge in [0.15, 0.2) is 0 Å². The molecule has 0 atom stereocenters. The summed E-state index contributed by atoms with van der Waals surface area (Å²) < 4.78 is 28.7. The molecule has 6 nitrogen and oxygen atoms in total. The molecule has 0 spiro atoms. The van der Waals surface area contributed by atoms with Crippen LogP contribution in [0.2, 0.25) is 0 Å². The van der Waals surface area contributed by atoms with Crippen molar-refractivity contribution in [1.29, 1.82) is 0 Å². The first-order valence-electron chi connectivity index (χ1n) is 7.91. The molecule has 1 amide bonds. The van der Waals surface area contributed by atoms with Crippen LogP contribution in [0.1, 0.15) is 55.9 Å². The minimum Gasteiger partial charge on any atom is -0.328 e. The van der Waals surface area contributed by atoms with Crippen molar-refractivity contribution in [1.82, 2.24) is 14.3 Å². The predicted octanol–water partition coefficient (Wildman–Crippen LogP) is 2.62. The molecule has 1 fully saturated rings. The van der Waals surface area contributed by atoms with Crippen molar-refractivity contribution in [2.75, 3.05) is 0 Å². The highest BCUT2D eigenvalue weighted by atomic mass is 32.2. The van der Waals surface area contributed by atoms with E-state index in [0.717, 1.165) is 18.4 Å². The number of amides is 1. The van der Waals surface area contributed by atoms with Gasteiger partial charge in [0.1, 0.15) is 0 Å². The van der Waals surface area contributed by atoms with Crippen molar-refractivity contribution < 1.29 is 13.2 Å². The Kier molecular flexibility index (Phi) is 4.14. The predicted molar refractivity (Wildman–Crippen MR) is 88.8 cm³/mol. The van der Waals surface area contributed by atoms with Crippen LogP contribution in [0.5, 0.6) is 0 Å². The molecule has 1 N–H and O–H groups in total. The Labute approximate surface area is 136 Å². The zero-order valence-electron chi connectivity index (χ0n) is 13.3. The molecule has 0 aliphatic heterocycles. The third-order valence-electron chi connectivity index (χ3n) is 4.37. The van der Waals surface area contributed by atoms with Gasteiger partial charge in [0, 0.05) is 11.6 Å². The maximum atomic E-state index is 12.3. The summed E-state index contributed by atoms with van der Waals surface area (Å²) in [4.78, 5) is 16.6. The quantitative estimate of drug-likeness (QED) is 0.931. The summed E-state index contributed by atoms with van der Waals surface area (Å²) >= 11 is 0. The van der Waals surface area contributed by atoms with E-state index >= 15 is 0 Å². The van der Waals surface area contributed by atoms with E-state index in [9.17, 15) is 13.2 Å². The van der Waals surface area contributed by atoms with Crippen LogP contribution >= 0.6 is 0 Å². The minimum absolute atomic E-state index is 0.266. The smallest absolute Gasteiger partial charge is 0.264 e. The number of aromatic nitrogens is 2. The first kappa shape index (κ1) is 16.0. The highest BCUT2D eigenvalue weighted by Crippen LogP contribution is 2.24. The molecule has 0 unspecified atom stereocenters. The lowest BCUT2D eigenvalue weighted by Gasteiger charge is -2.12. The van der Waals surface area contributed by atoms with Crippen LogP contribution in [-0.2, 0) is 10.0 Å². The largest absolute Gasteiger partial charge is 0.328 e. The molecule has 0 saturated heterocycles. The van der Waals surface area contributed by atoms with Gasteiger partial charge in [0.25, 0.3) is 5.91 Å².